The third kappa shape index (κ3) is 3.98. The van der Waals surface area contributed by atoms with Crippen LogP contribution in [0.2, 0.25) is 0 Å². The minimum atomic E-state index is -0.755. The van der Waals surface area contributed by atoms with Crippen LogP contribution in [0.15, 0.2) is 18.2 Å². The molecule has 0 aliphatic rings. The van der Waals surface area contributed by atoms with Crippen LogP contribution in [0.1, 0.15) is 36.5 Å². The molecule has 19 heavy (non-hydrogen) atoms. The maximum Gasteiger partial charge on any atom is 0.258 e. The number of hydrogen-bond acceptors (Lipinski definition) is 4. The third-order valence-corrected chi connectivity index (χ3v) is 2.75. The fraction of sp³-hybridized carbons (Fsp3) is 0.429. The number of carbonyl (C=O) groups excluding carboxylic acids is 2. The number of carbonyl (C=O) groups is 2. The van der Waals surface area contributed by atoms with E-state index in [1.165, 1.54) is 7.11 Å². The van der Waals surface area contributed by atoms with E-state index < -0.39 is 12.0 Å². The molecule has 1 atom stereocenters. The van der Waals surface area contributed by atoms with E-state index in [1.807, 2.05) is 6.92 Å². The Morgan fingerprint density at radius 1 is 1.47 bits per heavy atom. The highest BCUT2D eigenvalue weighted by molar-refractivity contribution is 5.83. The van der Waals surface area contributed by atoms with Crippen LogP contribution in [0.4, 0.5) is 0 Å². The molecular formula is C14H19NO4. The van der Waals surface area contributed by atoms with E-state index in [0.717, 1.165) is 12.8 Å². The smallest absolute Gasteiger partial charge is 0.258 e. The van der Waals surface area contributed by atoms with Gasteiger partial charge in [-0.25, -0.2) is 0 Å². The fourth-order valence-corrected chi connectivity index (χ4v) is 1.70. The molecule has 1 unspecified atom stereocenters. The van der Waals surface area contributed by atoms with E-state index in [1.54, 1.807) is 18.2 Å². The molecule has 0 spiro atoms. The predicted molar refractivity (Wildman–Crippen MR) is 71.5 cm³/mol. The van der Waals surface area contributed by atoms with Crippen molar-refractivity contribution in [2.24, 2.45) is 5.73 Å². The monoisotopic (exact) mass is 265 g/mol. The van der Waals surface area contributed by atoms with Crippen LogP contribution in [-0.4, -0.2) is 25.4 Å². The van der Waals surface area contributed by atoms with Crippen LogP contribution >= 0.6 is 0 Å². The molecule has 5 nitrogen and oxygen atoms in total. The Morgan fingerprint density at radius 2 is 2.21 bits per heavy atom. The second-order valence-electron chi connectivity index (χ2n) is 4.15. The zero-order chi connectivity index (χ0) is 14.3. The second kappa shape index (κ2) is 7.41. The van der Waals surface area contributed by atoms with Crippen LogP contribution in [0.5, 0.6) is 11.5 Å². The van der Waals surface area contributed by atoms with Crippen molar-refractivity contribution in [1.29, 1.82) is 0 Å². The molecule has 1 aromatic rings. The highest BCUT2D eigenvalue weighted by atomic mass is 16.5. The average molecular weight is 265 g/mol. The molecule has 0 saturated carbocycles. The van der Waals surface area contributed by atoms with E-state index >= 15 is 0 Å². The summed E-state index contributed by atoms with van der Waals surface area (Å²) in [5.74, 6) is 0.128. The summed E-state index contributed by atoms with van der Waals surface area (Å²) < 4.78 is 10.7. The largest absolute Gasteiger partial charge is 0.493 e. The highest BCUT2D eigenvalue weighted by Crippen LogP contribution is 2.31. The molecule has 1 amide bonds. The van der Waals surface area contributed by atoms with Crippen molar-refractivity contribution < 1.29 is 19.1 Å². The van der Waals surface area contributed by atoms with E-state index in [4.69, 9.17) is 15.2 Å². The Labute approximate surface area is 112 Å². The summed E-state index contributed by atoms with van der Waals surface area (Å²) in [4.78, 5) is 22.4. The van der Waals surface area contributed by atoms with E-state index in [-0.39, 0.29) is 5.75 Å². The first-order valence-electron chi connectivity index (χ1n) is 6.22. The van der Waals surface area contributed by atoms with E-state index in [2.05, 4.69) is 0 Å². The van der Waals surface area contributed by atoms with Crippen LogP contribution in [0, 0.1) is 0 Å². The van der Waals surface area contributed by atoms with Crippen molar-refractivity contribution in [3.63, 3.8) is 0 Å². The Morgan fingerprint density at radius 3 is 2.74 bits per heavy atom. The number of ether oxygens (including phenoxy) is 2. The second-order valence-corrected chi connectivity index (χ2v) is 4.15. The molecule has 2 N–H and O–H groups in total. The van der Waals surface area contributed by atoms with Crippen LogP contribution in [-0.2, 0) is 4.79 Å². The summed E-state index contributed by atoms with van der Waals surface area (Å²) in [5, 5.41) is 0. The molecule has 0 fully saturated rings. The summed E-state index contributed by atoms with van der Waals surface area (Å²) in [7, 11) is 1.47. The SMILES string of the molecule is CCCCC(Oc1c(C=O)cccc1OC)C(N)=O. The molecule has 0 aromatic heterocycles. The minimum absolute atomic E-state index is 0.264. The Bertz CT molecular complexity index is 445. The van der Waals surface area contributed by atoms with E-state index in [0.29, 0.717) is 24.0 Å². The maximum absolute atomic E-state index is 11.4. The van der Waals surface area contributed by atoms with Gasteiger partial charge >= 0.3 is 0 Å². The standard InChI is InChI=1S/C14H19NO4/c1-3-4-7-12(14(15)17)19-13-10(9-16)6-5-8-11(13)18-2/h5-6,8-9,12H,3-4,7H2,1-2H3,(H2,15,17). The van der Waals surface area contributed by atoms with Gasteiger partial charge in [0, 0.05) is 0 Å². The lowest BCUT2D eigenvalue weighted by atomic mass is 10.1. The zero-order valence-corrected chi connectivity index (χ0v) is 11.2. The van der Waals surface area contributed by atoms with Crippen molar-refractivity contribution in [3.8, 4) is 11.5 Å². The van der Waals surface area contributed by atoms with Crippen LogP contribution < -0.4 is 15.2 Å². The number of primary amides is 1. The van der Waals surface area contributed by atoms with Gasteiger partial charge in [-0.3, -0.25) is 9.59 Å². The Kier molecular flexibility index (Phi) is 5.85. The van der Waals surface area contributed by atoms with Gasteiger partial charge < -0.3 is 15.2 Å². The summed E-state index contributed by atoms with van der Waals surface area (Å²) >= 11 is 0. The van der Waals surface area contributed by atoms with Crippen LogP contribution in [0.3, 0.4) is 0 Å². The number of benzene rings is 1. The van der Waals surface area contributed by atoms with Gasteiger partial charge in [0.05, 0.1) is 12.7 Å². The van der Waals surface area contributed by atoms with Gasteiger partial charge in [-0.15, -0.1) is 0 Å². The number of methoxy groups -OCH3 is 1. The number of nitrogens with two attached hydrogens (primary N) is 1. The van der Waals surface area contributed by atoms with Crippen LogP contribution in [0.25, 0.3) is 0 Å². The fourth-order valence-electron chi connectivity index (χ4n) is 1.70. The van der Waals surface area contributed by atoms with Gasteiger partial charge in [0.25, 0.3) is 5.91 Å². The first-order valence-corrected chi connectivity index (χ1v) is 6.22. The molecule has 1 rings (SSSR count). The number of aldehydes is 1. The molecule has 0 aliphatic carbocycles. The van der Waals surface area contributed by atoms with Gasteiger partial charge in [0.1, 0.15) is 0 Å². The Hall–Kier alpha value is -2.04. The summed E-state index contributed by atoms with van der Waals surface area (Å²) in [6.45, 7) is 2.01. The molecular weight excluding hydrogens is 246 g/mol. The molecule has 0 radical (unpaired) electrons. The highest BCUT2D eigenvalue weighted by Gasteiger charge is 2.20. The number of hydrogen-bond donors (Lipinski definition) is 1. The quantitative estimate of drug-likeness (QED) is 0.728. The zero-order valence-electron chi connectivity index (χ0n) is 11.2. The molecule has 104 valence electrons. The molecule has 5 heteroatoms. The van der Waals surface area contributed by atoms with Crippen molar-refractivity contribution in [1.82, 2.24) is 0 Å². The first kappa shape index (κ1) is 15.0. The number of unbranched alkanes of at least 4 members (excludes halogenated alkanes) is 1. The van der Waals surface area contributed by atoms with Gasteiger partial charge in [0.2, 0.25) is 0 Å². The number of amides is 1. The van der Waals surface area contributed by atoms with E-state index in [9.17, 15) is 9.59 Å². The van der Waals surface area contributed by atoms with Gasteiger partial charge in [-0.1, -0.05) is 19.4 Å². The molecule has 0 saturated heterocycles. The van der Waals surface area contributed by atoms with Crippen molar-refractivity contribution in [2.75, 3.05) is 7.11 Å². The number of rotatable bonds is 8. The minimum Gasteiger partial charge on any atom is -0.493 e. The summed E-state index contributed by atoms with van der Waals surface area (Å²) in [6, 6.07) is 4.95. The van der Waals surface area contributed by atoms with Gasteiger partial charge in [0.15, 0.2) is 23.9 Å². The molecule has 0 bridgehead atoms. The Balaban J connectivity index is 3.00. The lowest BCUT2D eigenvalue weighted by Gasteiger charge is -2.18. The maximum atomic E-state index is 11.4. The third-order valence-electron chi connectivity index (χ3n) is 2.75. The molecule has 0 aliphatic heterocycles. The average Bonchev–Trinajstić information content (AvgIpc) is 2.42. The first-order chi connectivity index (χ1) is 9.13. The summed E-state index contributed by atoms with van der Waals surface area (Å²) in [5.41, 5.74) is 5.65. The van der Waals surface area contributed by atoms with Crippen molar-refractivity contribution in [3.05, 3.63) is 23.8 Å². The lowest BCUT2D eigenvalue weighted by molar-refractivity contribution is -0.125. The topological polar surface area (TPSA) is 78.6 Å². The lowest BCUT2D eigenvalue weighted by Crippen LogP contribution is -2.34. The number of para-hydroxylation sites is 1. The normalized spacial score (nSPS) is 11.7. The van der Waals surface area contributed by atoms with Gasteiger partial charge in [-0.2, -0.15) is 0 Å². The molecule has 1 aromatic carbocycles. The van der Waals surface area contributed by atoms with Crippen molar-refractivity contribution in [2.45, 2.75) is 32.3 Å². The van der Waals surface area contributed by atoms with Crippen molar-refractivity contribution >= 4 is 12.2 Å². The molecule has 0 heterocycles. The summed E-state index contributed by atoms with van der Waals surface area (Å²) in [6.07, 6.45) is 2.17. The predicted octanol–water partition coefficient (Wildman–Crippen LogP) is 1.93. The van der Waals surface area contributed by atoms with Gasteiger partial charge in [-0.05, 0) is 25.0 Å².